The molecule has 0 bridgehead atoms. The van der Waals surface area contributed by atoms with Crippen molar-refractivity contribution < 1.29 is 27.9 Å². The van der Waals surface area contributed by atoms with E-state index in [9.17, 15) is 18.8 Å². The minimum absolute atomic E-state index is 0.112. The number of alkyl carbamates (subject to hydrolysis) is 1. The van der Waals surface area contributed by atoms with Crippen LogP contribution in [0.3, 0.4) is 0 Å². The third-order valence-electron chi connectivity index (χ3n) is 8.31. The van der Waals surface area contributed by atoms with Crippen LogP contribution in [0.25, 0.3) is 22.0 Å². The van der Waals surface area contributed by atoms with Crippen LogP contribution in [0.4, 0.5) is 19.3 Å². The van der Waals surface area contributed by atoms with Crippen molar-refractivity contribution in [2.45, 2.75) is 64.5 Å². The Kier molecular flexibility index (Phi) is 8.47. The van der Waals surface area contributed by atoms with Crippen LogP contribution in [0.2, 0.25) is 0 Å². The van der Waals surface area contributed by atoms with Gasteiger partial charge in [0.2, 0.25) is 5.91 Å². The van der Waals surface area contributed by atoms with Crippen LogP contribution in [0, 0.1) is 17.0 Å². The first-order valence-electron chi connectivity index (χ1n) is 14.7. The summed E-state index contributed by atoms with van der Waals surface area (Å²) in [5, 5.41) is 6.69. The molecular formula is C32H39F2N5O4. The molecule has 1 saturated carbocycles. The Labute approximate surface area is 249 Å². The van der Waals surface area contributed by atoms with Crippen LogP contribution < -0.4 is 16.4 Å². The van der Waals surface area contributed by atoms with E-state index in [-0.39, 0.29) is 34.7 Å². The second-order valence-corrected chi connectivity index (χ2v) is 12.7. The maximum Gasteiger partial charge on any atom is 0.407 e. The number of nitrogens with zero attached hydrogens (tertiary/aromatic N) is 2. The summed E-state index contributed by atoms with van der Waals surface area (Å²) in [7, 11) is 3.84. The lowest BCUT2D eigenvalue weighted by Crippen LogP contribution is -2.36. The van der Waals surface area contributed by atoms with Crippen LogP contribution in [0.5, 0.6) is 0 Å². The summed E-state index contributed by atoms with van der Waals surface area (Å²) in [6, 6.07) is 7.10. The number of carbonyl (C=O) groups excluding carboxylic acids is 3. The highest BCUT2D eigenvalue weighted by atomic mass is 19.1. The summed E-state index contributed by atoms with van der Waals surface area (Å²) >= 11 is 0. The fourth-order valence-electron chi connectivity index (χ4n) is 6.33. The SMILES string of the molecule is CN(C)CCNC(=O)OC1CCC(Nc2cc(-c3c4n(c5cc(F)ccc35)C(=O)CC(C)(C)C4)cc(F)c2C(N)=O)CC1. The first-order chi connectivity index (χ1) is 20.3. The van der Waals surface area contributed by atoms with Gasteiger partial charge >= 0.3 is 6.09 Å². The molecule has 0 radical (unpaired) electrons. The number of hydrogen-bond donors (Lipinski definition) is 3. The van der Waals surface area contributed by atoms with E-state index in [1.165, 1.54) is 18.2 Å². The Bertz CT molecular complexity index is 1570. The van der Waals surface area contributed by atoms with Gasteiger partial charge in [-0.1, -0.05) is 13.8 Å². The topological polar surface area (TPSA) is 119 Å². The van der Waals surface area contributed by atoms with Crippen molar-refractivity contribution in [1.82, 2.24) is 14.8 Å². The molecule has 4 N–H and O–H groups in total. The van der Waals surface area contributed by atoms with Crippen LogP contribution in [-0.2, 0) is 11.2 Å². The van der Waals surface area contributed by atoms with Gasteiger partial charge in [-0.15, -0.1) is 0 Å². The molecule has 1 aromatic heterocycles. The van der Waals surface area contributed by atoms with Crippen molar-refractivity contribution in [1.29, 1.82) is 0 Å². The van der Waals surface area contributed by atoms with Gasteiger partial charge in [-0.25, -0.2) is 13.6 Å². The molecule has 5 rings (SSSR count). The number of nitrogens with two attached hydrogens (primary N) is 1. The Morgan fingerprint density at radius 1 is 1.09 bits per heavy atom. The molecule has 230 valence electrons. The van der Waals surface area contributed by atoms with E-state index in [4.69, 9.17) is 10.5 Å². The number of hydrogen-bond acceptors (Lipinski definition) is 6. The van der Waals surface area contributed by atoms with E-state index >= 15 is 4.39 Å². The minimum atomic E-state index is -0.903. The van der Waals surface area contributed by atoms with Crippen molar-refractivity contribution in [3.8, 4) is 11.1 Å². The zero-order valence-corrected chi connectivity index (χ0v) is 25.1. The van der Waals surface area contributed by atoms with Crippen molar-refractivity contribution in [2.75, 3.05) is 32.5 Å². The monoisotopic (exact) mass is 595 g/mol. The summed E-state index contributed by atoms with van der Waals surface area (Å²) in [5.41, 5.74) is 7.50. The van der Waals surface area contributed by atoms with E-state index in [0.717, 1.165) is 0 Å². The minimum Gasteiger partial charge on any atom is -0.446 e. The zero-order valence-electron chi connectivity index (χ0n) is 25.1. The maximum atomic E-state index is 15.6. The lowest BCUT2D eigenvalue weighted by atomic mass is 9.80. The van der Waals surface area contributed by atoms with Gasteiger partial charge in [0.1, 0.15) is 17.7 Å². The maximum absolute atomic E-state index is 15.6. The smallest absolute Gasteiger partial charge is 0.407 e. The molecule has 0 spiro atoms. The van der Waals surface area contributed by atoms with Crippen LogP contribution >= 0.6 is 0 Å². The van der Waals surface area contributed by atoms with Gasteiger partial charge in [0, 0.05) is 42.2 Å². The molecule has 0 saturated heterocycles. The lowest BCUT2D eigenvalue weighted by Gasteiger charge is -2.31. The molecule has 2 amide bonds. The van der Waals surface area contributed by atoms with Crippen molar-refractivity contribution >= 4 is 34.5 Å². The Morgan fingerprint density at radius 3 is 2.49 bits per heavy atom. The highest BCUT2D eigenvalue weighted by Gasteiger charge is 2.36. The first kappa shape index (κ1) is 30.5. The van der Waals surface area contributed by atoms with E-state index in [0.29, 0.717) is 79.3 Å². The second kappa shape index (κ2) is 11.9. The fraction of sp³-hybridized carbons (Fsp3) is 0.469. The predicted octanol–water partition coefficient (Wildman–Crippen LogP) is 5.31. The molecule has 0 atom stereocenters. The molecule has 2 aliphatic rings. The number of carbonyl (C=O) groups is 3. The van der Waals surface area contributed by atoms with Crippen LogP contribution in [-0.4, -0.2) is 66.7 Å². The van der Waals surface area contributed by atoms with Crippen LogP contribution in [0.15, 0.2) is 30.3 Å². The molecule has 2 heterocycles. The van der Waals surface area contributed by atoms with E-state index in [1.807, 2.05) is 32.8 Å². The summed E-state index contributed by atoms with van der Waals surface area (Å²) in [6.45, 7) is 5.18. The Hall–Kier alpha value is -3.99. The number of anilines is 1. The van der Waals surface area contributed by atoms with Gasteiger partial charge in [0.05, 0.1) is 16.8 Å². The summed E-state index contributed by atoms with van der Waals surface area (Å²) in [5.74, 6) is -2.30. The molecule has 0 unspecified atom stereocenters. The van der Waals surface area contributed by atoms with Gasteiger partial charge in [-0.05, 0) is 87.5 Å². The zero-order chi connectivity index (χ0) is 31.1. The number of rotatable bonds is 8. The third kappa shape index (κ3) is 6.51. The van der Waals surface area contributed by atoms with Gasteiger partial charge in [0.25, 0.3) is 5.91 Å². The normalized spacial score (nSPS) is 19.7. The second-order valence-electron chi connectivity index (χ2n) is 12.7. The average Bonchev–Trinajstić information content (AvgIpc) is 3.21. The van der Waals surface area contributed by atoms with Crippen LogP contribution in [0.1, 0.15) is 66.8 Å². The average molecular weight is 596 g/mol. The van der Waals surface area contributed by atoms with E-state index in [2.05, 4.69) is 10.6 Å². The van der Waals surface area contributed by atoms with Gasteiger partial charge < -0.3 is 26.0 Å². The molecule has 3 aromatic rings. The number of ether oxygens (including phenoxy) is 1. The molecule has 43 heavy (non-hydrogen) atoms. The third-order valence-corrected chi connectivity index (χ3v) is 8.31. The molecule has 1 aliphatic carbocycles. The molecular weight excluding hydrogens is 556 g/mol. The van der Waals surface area contributed by atoms with Crippen molar-refractivity contribution in [2.24, 2.45) is 11.1 Å². The lowest BCUT2D eigenvalue weighted by molar-refractivity contribution is 0.0728. The number of amides is 2. The quantitative estimate of drug-likeness (QED) is 0.325. The van der Waals surface area contributed by atoms with Gasteiger partial charge in [0.15, 0.2) is 0 Å². The predicted molar refractivity (Wildman–Crippen MR) is 161 cm³/mol. The van der Waals surface area contributed by atoms with Gasteiger partial charge in [-0.3, -0.25) is 14.2 Å². The molecule has 9 nitrogen and oxygen atoms in total. The highest BCUT2D eigenvalue weighted by Crippen LogP contribution is 2.44. The standard InChI is InChI=1S/C32H39F2N5O4/c1-32(2)16-26-28(22-10-5-19(33)15-25(22)39(26)27(40)17-32)18-13-23(34)29(30(35)41)24(14-18)37-20-6-8-21(9-7-20)43-31(42)36-11-12-38(3)4/h5,10,13-15,20-21,37H,6-9,11-12,16-17H2,1-4H3,(H2,35,41)(H,36,42). The fourth-order valence-corrected chi connectivity index (χ4v) is 6.33. The number of halogens is 2. The van der Waals surface area contributed by atoms with E-state index in [1.54, 1.807) is 16.7 Å². The number of likely N-dealkylation sites (N-methyl/N-ethyl adjacent to an activating group) is 1. The molecule has 1 fully saturated rings. The Balaban J connectivity index is 1.43. The largest absolute Gasteiger partial charge is 0.446 e. The number of fused-ring (bicyclic) bond motifs is 3. The highest BCUT2D eigenvalue weighted by molar-refractivity contribution is 6.06. The van der Waals surface area contributed by atoms with Gasteiger partial charge in [-0.2, -0.15) is 0 Å². The molecule has 2 aromatic carbocycles. The number of aromatic nitrogens is 1. The van der Waals surface area contributed by atoms with Crippen molar-refractivity contribution in [3.05, 3.63) is 53.2 Å². The first-order valence-corrected chi connectivity index (χ1v) is 14.7. The van der Waals surface area contributed by atoms with E-state index < -0.39 is 23.6 Å². The molecule has 1 aliphatic heterocycles. The summed E-state index contributed by atoms with van der Waals surface area (Å²) in [6.07, 6.45) is 2.61. The van der Waals surface area contributed by atoms with Crippen molar-refractivity contribution in [3.63, 3.8) is 0 Å². The Morgan fingerprint density at radius 2 is 1.81 bits per heavy atom. The summed E-state index contributed by atoms with van der Waals surface area (Å²) < 4.78 is 37.1. The number of primary amides is 1. The number of benzene rings is 2. The number of nitrogens with one attached hydrogen (secondary N) is 2. The molecule has 11 heteroatoms. The summed E-state index contributed by atoms with van der Waals surface area (Å²) in [4.78, 5) is 39.7.